The zero-order valence-corrected chi connectivity index (χ0v) is 14.6. The number of aliphatic hydroxyl groups excluding tert-OH is 2. The third-order valence-corrected chi connectivity index (χ3v) is 4.07. The van der Waals surface area contributed by atoms with Gasteiger partial charge in [0.25, 0.3) is 5.91 Å². The van der Waals surface area contributed by atoms with Crippen molar-refractivity contribution in [3.8, 4) is 5.88 Å². The van der Waals surface area contributed by atoms with E-state index < -0.39 is 31.1 Å². The highest BCUT2D eigenvalue weighted by Crippen LogP contribution is 2.35. The van der Waals surface area contributed by atoms with Gasteiger partial charge in [-0.2, -0.15) is 10.0 Å². The number of ether oxygens (including phenoxy) is 1. The van der Waals surface area contributed by atoms with Gasteiger partial charge in [-0.1, -0.05) is 18.2 Å². The standard InChI is InChI=1S/C18H19N3O6/c1-26-15-8-7-14-17(19-15)21(13(10-22)11-23)16(24)9-20(14)27-18(25)12-5-3-2-4-6-12/h2-8,13,22-23H,9-11H2,1H3. The molecule has 9 heteroatoms. The number of carbonyl (C=O) groups is 2. The number of hydrogen-bond acceptors (Lipinski definition) is 8. The van der Waals surface area contributed by atoms with Crippen LogP contribution < -0.4 is 14.7 Å². The molecule has 2 N–H and O–H groups in total. The monoisotopic (exact) mass is 373 g/mol. The number of amides is 1. The van der Waals surface area contributed by atoms with Crippen LogP contribution in [-0.4, -0.2) is 60.0 Å². The number of pyridine rings is 1. The molecule has 0 bridgehead atoms. The second-order valence-electron chi connectivity index (χ2n) is 5.76. The first-order chi connectivity index (χ1) is 13.1. The van der Waals surface area contributed by atoms with Gasteiger partial charge in [0.15, 0.2) is 5.82 Å². The first-order valence-electron chi connectivity index (χ1n) is 8.22. The highest BCUT2D eigenvalue weighted by atomic mass is 16.7. The second kappa shape index (κ2) is 8.02. The van der Waals surface area contributed by atoms with Gasteiger partial charge in [0.2, 0.25) is 5.88 Å². The normalized spacial score (nSPS) is 13.6. The van der Waals surface area contributed by atoms with E-state index >= 15 is 0 Å². The van der Waals surface area contributed by atoms with Crippen molar-refractivity contribution in [1.29, 1.82) is 0 Å². The van der Waals surface area contributed by atoms with Crippen LogP contribution in [0.15, 0.2) is 42.5 Å². The number of anilines is 2. The largest absolute Gasteiger partial charge is 0.481 e. The summed E-state index contributed by atoms with van der Waals surface area (Å²) in [6.45, 7) is -1.19. The molecule has 0 unspecified atom stereocenters. The van der Waals surface area contributed by atoms with Crippen molar-refractivity contribution in [1.82, 2.24) is 4.98 Å². The van der Waals surface area contributed by atoms with E-state index in [0.717, 1.165) is 5.06 Å². The fraction of sp³-hybridized carbons (Fsp3) is 0.278. The summed E-state index contributed by atoms with van der Waals surface area (Å²) in [5, 5.41) is 20.1. The number of carbonyl (C=O) groups excluding carboxylic acids is 2. The van der Waals surface area contributed by atoms with Crippen molar-refractivity contribution in [2.45, 2.75) is 6.04 Å². The number of methoxy groups -OCH3 is 1. The lowest BCUT2D eigenvalue weighted by Crippen LogP contribution is -2.53. The van der Waals surface area contributed by atoms with E-state index in [2.05, 4.69) is 4.98 Å². The molecule has 0 saturated carbocycles. The van der Waals surface area contributed by atoms with Crippen molar-refractivity contribution in [2.75, 3.05) is 36.8 Å². The number of rotatable bonds is 6. The summed E-state index contributed by atoms with van der Waals surface area (Å²) < 4.78 is 5.10. The predicted octanol–water partition coefficient (Wildman–Crippen LogP) is 0.368. The van der Waals surface area contributed by atoms with Gasteiger partial charge >= 0.3 is 5.97 Å². The van der Waals surface area contributed by atoms with E-state index in [0.29, 0.717) is 11.3 Å². The van der Waals surface area contributed by atoms with Crippen molar-refractivity contribution >= 4 is 23.4 Å². The Morgan fingerprint density at radius 1 is 1.19 bits per heavy atom. The average Bonchev–Trinajstić information content (AvgIpc) is 2.71. The third-order valence-electron chi connectivity index (χ3n) is 4.07. The minimum Gasteiger partial charge on any atom is -0.481 e. The van der Waals surface area contributed by atoms with Crippen LogP contribution in [0.25, 0.3) is 0 Å². The molecule has 0 aliphatic carbocycles. The molecule has 2 aromatic rings. The van der Waals surface area contributed by atoms with Crippen LogP contribution in [0.2, 0.25) is 0 Å². The molecule has 0 atom stereocenters. The highest BCUT2D eigenvalue weighted by molar-refractivity contribution is 6.03. The average molecular weight is 373 g/mol. The van der Waals surface area contributed by atoms with Gasteiger partial charge in [0.1, 0.15) is 12.2 Å². The van der Waals surface area contributed by atoms with Crippen LogP contribution in [0.1, 0.15) is 10.4 Å². The number of nitrogens with zero attached hydrogens (tertiary/aromatic N) is 3. The van der Waals surface area contributed by atoms with E-state index in [1.807, 2.05) is 0 Å². The van der Waals surface area contributed by atoms with Crippen LogP contribution in [0.4, 0.5) is 11.5 Å². The van der Waals surface area contributed by atoms with E-state index in [-0.39, 0.29) is 18.2 Å². The SMILES string of the molecule is COc1ccc2c(n1)N(C(CO)CO)C(=O)CN2OC(=O)c1ccccc1. The van der Waals surface area contributed by atoms with E-state index in [1.54, 1.807) is 42.5 Å². The Balaban J connectivity index is 1.97. The summed E-state index contributed by atoms with van der Waals surface area (Å²) >= 11 is 0. The first kappa shape index (κ1) is 18.6. The maximum atomic E-state index is 12.6. The van der Waals surface area contributed by atoms with Crippen molar-refractivity contribution < 1.29 is 29.4 Å². The molecular formula is C18H19N3O6. The Labute approximate surface area is 155 Å². The fourth-order valence-electron chi connectivity index (χ4n) is 2.72. The quantitative estimate of drug-likeness (QED) is 0.747. The van der Waals surface area contributed by atoms with Gasteiger partial charge in [0, 0.05) is 6.07 Å². The third kappa shape index (κ3) is 3.69. The molecule has 0 spiro atoms. The van der Waals surface area contributed by atoms with Crippen LogP contribution in [0, 0.1) is 0 Å². The zero-order chi connectivity index (χ0) is 19.4. The summed E-state index contributed by atoms with van der Waals surface area (Å²) in [5.74, 6) is -0.756. The van der Waals surface area contributed by atoms with Crippen LogP contribution in [-0.2, 0) is 9.63 Å². The maximum absolute atomic E-state index is 12.6. The number of hydroxylamine groups is 1. The zero-order valence-electron chi connectivity index (χ0n) is 14.6. The lowest BCUT2D eigenvalue weighted by atomic mass is 10.2. The van der Waals surface area contributed by atoms with Gasteiger partial charge in [-0.3, -0.25) is 9.69 Å². The smallest absolute Gasteiger partial charge is 0.363 e. The van der Waals surface area contributed by atoms with Gasteiger partial charge in [-0.25, -0.2) is 4.79 Å². The first-order valence-corrected chi connectivity index (χ1v) is 8.22. The summed E-state index contributed by atoms with van der Waals surface area (Å²) in [6.07, 6.45) is 0. The predicted molar refractivity (Wildman–Crippen MR) is 95.4 cm³/mol. The van der Waals surface area contributed by atoms with Gasteiger partial charge in [-0.15, -0.1) is 0 Å². The summed E-state index contributed by atoms with van der Waals surface area (Å²) in [6, 6.07) is 10.6. The molecule has 0 saturated heterocycles. The second-order valence-corrected chi connectivity index (χ2v) is 5.76. The molecule has 142 valence electrons. The fourth-order valence-corrected chi connectivity index (χ4v) is 2.72. The molecule has 3 rings (SSSR count). The molecule has 1 aliphatic rings. The molecule has 1 aliphatic heterocycles. The minimum atomic E-state index is -0.872. The number of benzene rings is 1. The molecule has 1 aromatic carbocycles. The van der Waals surface area contributed by atoms with Gasteiger partial charge in [-0.05, 0) is 18.2 Å². The van der Waals surface area contributed by atoms with Gasteiger partial charge < -0.3 is 19.8 Å². The Bertz CT molecular complexity index is 825. The molecule has 2 heterocycles. The number of hydrogen-bond donors (Lipinski definition) is 2. The Morgan fingerprint density at radius 3 is 2.52 bits per heavy atom. The van der Waals surface area contributed by atoms with E-state index in [9.17, 15) is 19.8 Å². The molecule has 0 fully saturated rings. The summed E-state index contributed by atoms with van der Waals surface area (Å²) in [7, 11) is 1.42. The van der Waals surface area contributed by atoms with Crippen LogP contribution in [0.3, 0.4) is 0 Å². The van der Waals surface area contributed by atoms with Gasteiger partial charge in [0.05, 0.1) is 31.9 Å². The van der Waals surface area contributed by atoms with Crippen LogP contribution in [0.5, 0.6) is 5.88 Å². The molecule has 1 amide bonds. The lowest BCUT2D eigenvalue weighted by Gasteiger charge is -2.37. The van der Waals surface area contributed by atoms with Crippen molar-refractivity contribution in [3.05, 3.63) is 48.0 Å². The summed E-state index contributed by atoms with van der Waals surface area (Å²) in [4.78, 5) is 35.8. The Hall–Kier alpha value is -3.17. The van der Waals surface area contributed by atoms with E-state index in [4.69, 9.17) is 9.57 Å². The molecule has 0 radical (unpaired) electrons. The Kier molecular flexibility index (Phi) is 5.53. The molecular weight excluding hydrogens is 354 g/mol. The maximum Gasteiger partial charge on any atom is 0.363 e. The van der Waals surface area contributed by atoms with Crippen LogP contribution >= 0.6 is 0 Å². The number of aliphatic hydroxyl groups is 2. The molecule has 9 nitrogen and oxygen atoms in total. The minimum absolute atomic E-state index is 0.125. The summed E-state index contributed by atoms with van der Waals surface area (Å²) in [5.41, 5.74) is 0.672. The van der Waals surface area contributed by atoms with Crippen molar-refractivity contribution in [2.24, 2.45) is 0 Å². The molecule has 1 aromatic heterocycles. The lowest BCUT2D eigenvalue weighted by molar-refractivity contribution is -0.119. The number of aromatic nitrogens is 1. The topological polar surface area (TPSA) is 112 Å². The van der Waals surface area contributed by atoms with E-state index in [1.165, 1.54) is 12.0 Å². The highest BCUT2D eigenvalue weighted by Gasteiger charge is 2.37. The molecule has 27 heavy (non-hydrogen) atoms. The van der Waals surface area contributed by atoms with Crippen molar-refractivity contribution in [3.63, 3.8) is 0 Å². The number of fused-ring (bicyclic) bond motifs is 1. The Morgan fingerprint density at radius 2 is 1.89 bits per heavy atom.